The Kier molecular flexibility index (Phi) is 12.4. The molecule has 1 rings (SSSR count). The first-order valence-corrected chi connectivity index (χ1v) is 11.4. The van der Waals surface area contributed by atoms with Gasteiger partial charge in [0.15, 0.2) is 5.96 Å². The summed E-state index contributed by atoms with van der Waals surface area (Å²) in [5, 5.41) is 9.57. The van der Waals surface area contributed by atoms with Crippen molar-refractivity contribution in [2.24, 2.45) is 4.99 Å². The van der Waals surface area contributed by atoms with Crippen LogP contribution in [0.4, 0.5) is 4.79 Å². The number of nitrogens with zero attached hydrogens (tertiary/aromatic N) is 2. The van der Waals surface area contributed by atoms with Gasteiger partial charge in [0.2, 0.25) is 5.56 Å². The molecular formula is C23H41N5O3. The number of hydrogen-bond donors (Lipinski definition) is 3. The van der Waals surface area contributed by atoms with Crippen LogP contribution in [0.1, 0.15) is 66.7 Å². The van der Waals surface area contributed by atoms with E-state index in [4.69, 9.17) is 4.74 Å². The van der Waals surface area contributed by atoms with Gasteiger partial charge in [-0.25, -0.2) is 4.79 Å². The molecule has 0 aliphatic carbocycles. The van der Waals surface area contributed by atoms with E-state index in [-0.39, 0.29) is 11.6 Å². The number of aromatic nitrogens is 1. The number of amides is 1. The number of guanidine groups is 1. The van der Waals surface area contributed by atoms with E-state index < -0.39 is 11.7 Å². The monoisotopic (exact) mass is 435 g/mol. The predicted octanol–water partition coefficient (Wildman–Crippen LogP) is 3.27. The van der Waals surface area contributed by atoms with Crippen LogP contribution in [-0.2, 0) is 11.3 Å². The molecule has 0 aliphatic rings. The van der Waals surface area contributed by atoms with Crippen molar-refractivity contribution in [3.8, 4) is 0 Å². The standard InChI is InChI=1S/C23H41N5O3/c1-6-8-13-19(18-26-22(30)31-23(3,4)5)27-21(24-7-2)25-15-10-12-17-28-16-11-9-14-20(28)29/h9,11,14,16,19H,6-8,10,12-13,15,17-18H2,1-5H3,(H,26,30)(H2,24,25,27). The van der Waals surface area contributed by atoms with Crippen LogP contribution in [0, 0.1) is 0 Å². The third kappa shape index (κ3) is 12.7. The van der Waals surface area contributed by atoms with Gasteiger partial charge in [0.05, 0.1) is 0 Å². The van der Waals surface area contributed by atoms with E-state index in [1.54, 1.807) is 16.7 Å². The van der Waals surface area contributed by atoms with Crippen molar-refractivity contribution in [3.05, 3.63) is 34.7 Å². The zero-order chi connectivity index (χ0) is 23.1. The summed E-state index contributed by atoms with van der Waals surface area (Å²) in [5.74, 6) is 0.742. The molecule has 1 heterocycles. The lowest BCUT2D eigenvalue weighted by atomic mass is 10.1. The van der Waals surface area contributed by atoms with Gasteiger partial charge in [0, 0.05) is 44.5 Å². The minimum Gasteiger partial charge on any atom is -0.444 e. The lowest BCUT2D eigenvalue weighted by molar-refractivity contribution is 0.0522. The predicted molar refractivity (Wildman–Crippen MR) is 127 cm³/mol. The van der Waals surface area contributed by atoms with Crippen LogP contribution in [0.15, 0.2) is 34.2 Å². The number of carbonyl (C=O) groups excluding carboxylic acids is 1. The molecular weight excluding hydrogens is 394 g/mol. The molecule has 1 aromatic rings. The van der Waals surface area contributed by atoms with Crippen LogP contribution >= 0.6 is 0 Å². The molecule has 0 aliphatic heterocycles. The summed E-state index contributed by atoms with van der Waals surface area (Å²) in [4.78, 5) is 28.4. The van der Waals surface area contributed by atoms with Gasteiger partial charge in [0.1, 0.15) is 5.60 Å². The van der Waals surface area contributed by atoms with E-state index in [1.165, 1.54) is 0 Å². The SMILES string of the molecule is CCCCC(CNC(=O)OC(C)(C)C)NC(=NCCCCn1ccccc1=O)NCC. The largest absolute Gasteiger partial charge is 0.444 e. The Balaban J connectivity index is 2.55. The lowest BCUT2D eigenvalue weighted by Crippen LogP contribution is -2.49. The van der Waals surface area contributed by atoms with Crippen LogP contribution in [0.3, 0.4) is 0 Å². The van der Waals surface area contributed by atoms with E-state index in [2.05, 4.69) is 27.9 Å². The number of ether oxygens (including phenoxy) is 1. The summed E-state index contributed by atoms with van der Waals surface area (Å²) < 4.78 is 7.05. The van der Waals surface area contributed by atoms with Gasteiger partial charge < -0.3 is 25.3 Å². The lowest BCUT2D eigenvalue weighted by Gasteiger charge is -2.24. The van der Waals surface area contributed by atoms with Crippen molar-refractivity contribution >= 4 is 12.1 Å². The second kappa shape index (κ2) is 14.5. The van der Waals surface area contributed by atoms with Gasteiger partial charge in [-0.1, -0.05) is 25.8 Å². The Morgan fingerprint density at radius 3 is 2.58 bits per heavy atom. The molecule has 31 heavy (non-hydrogen) atoms. The molecule has 0 bridgehead atoms. The van der Waals surface area contributed by atoms with E-state index in [1.807, 2.05) is 40.0 Å². The highest BCUT2D eigenvalue weighted by Gasteiger charge is 2.18. The van der Waals surface area contributed by atoms with E-state index in [9.17, 15) is 9.59 Å². The number of alkyl carbamates (subject to hydrolysis) is 1. The third-order valence-corrected chi connectivity index (χ3v) is 4.46. The minimum atomic E-state index is -0.516. The Labute approximate surface area is 186 Å². The van der Waals surface area contributed by atoms with Crippen LogP contribution in [0.25, 0.3) is 0 Å². The molecule has 8 nitrogen and oxygen atoms in total. The summed E-state index contributed by atoms with van der Waals surface area (Å²) >= 11 is 0. The molecule has 1 aromatic heterocycles. The van der Waals surface area contributed by atoms with Crippen molar-refractivity contribution in [3.63, 3.8) is 0 Å². The topological polar surface area (TPSA) is 96.8 Å². The Bertz CT molecular complexity index is 724. The number of aryl methyl sites for hydroxylation is 1. The van der Waals surface area contributed by atoms with Crippen LogP contribution in [0.5, 0.6) is 0 Å². The average Bonchev–Trinajstić information content (AvgIpc) is 2.69. The Hall–Kier alpha value is -2.51. The van der Waals surface area contributed by atoms with Gasteiger partial charge in [-0.05, 0) is 53.0 Å². The maximum atomic E-state index is 12.0. The smallest absolute Gasteiger partial charge is 0.407 e. The molecule has 0 aromatic carbocycles. The molecule has 0 spiro atoms. The number of rotatable bonds is 12. The van der Waals surface area contributed by atoms with Gasteiger partial charge in [-0.2, -0.15) is 0 Å². The van der Waals surface area contributed by atoms with Gasteiger partial charge in [0.25, 0.3) is 0 Å². The molecule has 0 saturated heterocycles. The number of carbonyl (C=O) groups is 1. The molecule has 0 saturated carbocycles. The van der Waals surface area contributed by atoms with Crippen LogP contribution in [0.2, 0.25) is 0 Å². The second-order valence-electron chi connectivity index (χ2n) is 8.57. The van der Waals surface area contributed by atoms with Crippen LogP contribution < -0.4 is 21.5 Å². The zero-order valence-electron chi connectivity index (χ0n) is 19.9. The highest BCUT2D eigenvalue weighted by molar-refractivity contribution is 5.80. The summed E-state index contributed by atoms with van der Waals surface area (Å²) in [7, 11) is 0. The maximum Gasteiger partial charge on any atom is 0.407 e. The summed E-state index contributed by atoms with van der Waals surface area (Å²) in [6.07, 6.45) is 6.23. The quantitative estimate of drug-likeness (QED) is 0.266. The summed E-state index contributed by atoms with van der Waals surface area (Å²) in [6, 6.07) is 5.26. The van der Waals surface area contributed by atoms with Crippen molar-refractivity contribution in [1.82, 2.24) is 20.5 Å². The molecule has 1 amide bonds. The van der Waals surface area contributed by atoms with Gasteiger partial charge in [-0.3, -0.25) is 9.79 Å². The van der Waals surface area contributed by atoms with Crippen LogP contribution in [-0.4, -0.2) is 47.9 Å². The molecule has 0 fully saturated rings. The first-order valence-electron chi connectivity index (χ1n) is 11.4. The molecule has 3 N–H and O–H groups in total. The van der Waals surface area contributed by atoms with E-state index in [0.717, 1.165) is 44.6 Å². The molecule has 1 unspecified atom stereocenters. The Morgan fingerprint density at radius 1 is 1.16 bits per heavy atom. The first kappa shape index (κ1) is 26.5. The second-order valence-corrected chi connectivity index (χ2v) is 8.57. The highest BCUT2D eigenvalue weighted by Crippen LogP contribution is 2.07. The molecule has 0 radical (unpaired) electrons. The normalized spacial score (nSPS) is 12.9. The number of pyridine rings is 1. The number of aliphatic imine (C=N–C) groups is 1. The molecule has 1 atom stereocenters. The number of nitrogens with one attached hydrogen (secondary N) is 3. The van der Waals surface area contributed by atoms with E-state index in [0.29, 0.717) is 19.6 Å². The van der Waals surface area contributed by atoms with Gasteiger partial charge in [-0.15, -0.1) is 0 Å². The van der Waals surface area contributed by atoms with Crippen molar-refractivity contribution < 1.29 is 9.53 Å². The molecule has 176 valence electrons. The maximum absolute atomic E-state index is 12.0. The summed E-state index contributed by atoms with van der Waals surface area (Å²) in [6.45, 7) is 12.3. The fourth-order valence-electron chi connectivity index (χ4n) is 2.94. The zero-order valence-corrected chi connectivity index (χ0v) is 19.9. The van der Waals surface area contributed by atoms with E-state index >= 15 is 0 Å². The average molecular weight is 436 g/mol. The van der Waals surface area contributed by atoms with Crippen molar-refractivity contribution in [2.45, 2.75) is 84.9 Å². The first-order chi connectivity index (χ1) is 14.7. The van der Waals surface area contributed by atoms with Crippen molar-refractivity contribution in [1.29, 1.82) is 0 Å². The summed E-state index contributed by atoms with van der Waals surface area (Å²) in [5.41, 5.74) is -0.491. The number of unbranched alkanes of at least 4 members (excludes halogenated alkanes) is 2. The fourth-order valence-corrected chi connectivity index (χ4v) is 2.94. The minimum absolute atomic E-state index is 0.0252. The highest BCUT2D eigenvalue weighted by atomic mass is 16.6. The number of hydrogen-bond acceptors (Lipinski definition) is 4. The Morgan fingerprint density at radius 2 is 1.94 bits per heavy atom. The molecule has 8 heteroatoms. The third-order valence-electron chi connectivity index (χ3n) is 4.46. The fraction of sp³-hybridized carbons (Fsp3) is 0.696. The van der Waals surface area contributed by atoms with Crippen molar-refractivity contribution in [2.75, 3.05) is 19.6 Å². The van der Waals surface area contributed by atoms with Gasteiger partial charge >= 0.3 is 6.09 Å².